The molecular formula is C18H23N3O2. The van der Waals surface area contributed by atoms with E-state index in [1.807, 2.05) is 32.4 Å². The summed E-state index contributed by atoms with van der Waals surface area (Å²) in [6.45, 7) is 9.51. The van der Waals surface area contributed by atoms with Crippen LogP contribution in [-0.2, 0) is 4.79 Å². The van der Waals surface area contributed by atoms with Gasteiger partial charge in [0.15, 0.2) is 5.78 Å². The summed E-state index contributed by atoms with van der Waals surface area (Å²) in [5.74, 6) is -0.115. The van der Waals surface area contributed by atoms with E-state index in [1.165, 1.54) is 6.92 Å². The summed E-state index contributed by atoms with van der Waals surface area (Å²) in [5, 5.41) is 7.35. The highest BCUT2D eigenvalue weighted by Gasteiger charge is 2.16. The molecule has 0 aliphatic heterocycles. The van der Waals surface area contributed by atoms with Gasteiger partial charge in [-0.25, -0.2) is 0 Å². The largest absolute Gasteiger partial charge is 0.326 e. The highest BCUT2D eigenvalue weighted by molar-refractivity contribution is 5.97. The van der Waals surface area contributed by atoms with E-state index >= 15 is 0 Å². The van der Waals surface area contributed by atoms with Gasteiger partial charge in [0.05, 0.1) is 11.7 Å². The summed E-state index contributed by atoms with van der Waals surface area (Å²) in [6.07, 6.45) is 0.325. The second-order valence-corrected chi connectivity index (χ2v) is 5.98. The first-order valence-corrected chi connectivity index (χ1v) is 7.72. The van der Waals surface area contributed by atoms with Gasteiger partial charge in [0.25, 0.3) is 0 Å². The van der Waals surface area contributed by atoms with Gasteiger partial charge in [0, 0.05) is 23.4 Å². The minimum absolute atomic E-state index is 0.0208. The van der Waals surface area contributed by atoms with Crippen LogP contribution in [0.2, 0.25) is 0 Å². The standard InChI is InChI=1S/C18H23N3O2/c1-11(21-14(4)12(2)13(3)20-21)9-18(23)19-17-8-6-7-16(10-17)15(5)22/h6-8,10-11H,9H2,1-5H3,(H,19,23)/t11-/m0/s1. The molecule has 2 aromatic rings. The first-order valence-electron chi connectivity index (χ1n) is 7.72. The highest BCUT2D eigenvalue weighted by Crippen LogP contribution is 2.19. The summed E-state index contributed by atoms with van der Waals surface area (Å²) in [4.78, 5) is 23.6. The van der Waals surface area contributed by atoms with Crippen molar-refractivity contribution in [1.29, 1.82) is 0 Å². The molecule has 2 rings (SSSR count). The quantitative estimate of drug-likeness (QED) is 0.858. The first kappa shape index (κ1) is 16.9. The van der Waals surface area contributed by atoms with Crippen LogP contribution in [0.25, 0.3) is 0 Å². The molecule has 23 heavy (non-hydrogen) atoms. The number of ketones is 1. The molecule has 0 radical (unpaired) electrons. The van der Waals surface area contributed by atoms with Crippen molar-refractivity contribution in [3.05, 3.63) is 46.8 Å². The van der Waals surface area contributed by atoms with E-state index < -0.39 is 0 Å². The molecule has 1 aromatic carbocycles. The number of aryl methyl sites for hydroxylation is 1. The maximum absolute atomic E-state index is 12.2. The fourth-order valence-electron chi connectivity index (χ4n) is 2.56. The summed E-state index contributed by atoms with van der Waals surface area (Å²) in [6, 6.07) is 6.94. The van der Waals surface area contributed by atoms with Crippen molar-refractivity contribution < 1.29 is 9.59 Å². The Bertz CT molecular complexity index is 747. The van der Waals surface area contributed by atoms with E-state index in [9.17, 15) is 9.59 Å². The molecule has 0 saturated heterocycles. The zero-order valence-corrected chi connectivity index (χ0v) is 14.3. The lowest BCUT2D eigenvalue weighted by molar-refractivity contribution is -0.116. The number of Topliss-reactive ketones (excluding diaryl/α,β-unsaturated/α-hetero) is 1. The van der Waals surface area contributed by atoms with E-state index in [2.05, 4.69) is 10.4 Å². The average molecular weight is 313 g/mol. The third-order valence-corrected chi connectivity index (χ3v) is 4.14. The first-order chi connectivity index (χ1) is 10.8. The number of nitrogens with one attached hydrogen (secondary N) is 1. The molecule has 1 aromatic heterocycles. The van der Waals surface area contributed by atoms with Crippen LogP contribution in [-0.4, -0.2) is 21.5 Å². The van der Waals surface area contributed by atoms with Gasteiger partial charge >= 0.3 is 0 Å². The number of anilines is 1. The Balaban J connectivity index is 2.05. The lowest BCUT2D eigenvalue weighted by Crippen LogP contribution is -2.19. The topological polar surface area (TPSA) is 64.0 Å². The number of benzene rings is 1. The van der Waals surface area contributed by atoms with Crippen LogP contribution >= 0.6 is 0 Å². The third-order valence-electron chi connectivity index (χ3n) is 4.14. The lowest BCUT2D eigenvalue weighted by Gasteiger charge is -2.14. The second kappa shape index (κ2) is 6.77. The van der Waals surface area contributed by atoms with Gasteiger partial charge in [-0.15, -0.1) is 0 Å². The molecule has 0 aliphatic rings. The van der Waals surface area contributed by atoms with Crippen LogP contribution in [0.15, 0.2) is 24.3 Å². The average Bonchev–Trinajstić information content (AvgIpc) is 2.75. The van der Waals surface area contributed by atoms with E-state index in [0.29, 0.717) is 17.7 Å². The fraction of sp³-hybridized carbons (Fsp3) is 0.389. The Labute approximate surface area is 136 Å². The van der Waals surface area contributed by atoms with Crippen molar-refractivity contribution >= 4 is 17.4 Å². The van der Waals surface area contributed by atoms with E-state index in [0.717, 1.165) is 17.0 Å². The predicted molar refractivity (Wildman–Crippen MR) is 90.8 cm³/mol. The summed E-state index contributed by atoms with van der Waals surface area (Å²) in [7, 11) is 0. The Hall–Kier alpha value is -2.43. The minimum Gasteiger partial charge on any atom is -0.326 e. The van der Waals surface area contributed by atoms with Crippen molar-refractivity contribution in [1.82, 2.24) is 9.78 Å². The molecule has 1 heterocycles. The molecule has 0 unspecified atom stereocenters. The van der Waals surface area contributed by atoms with Gasteiger partial charge in [0.1, 0.15) is 0 Å². The molecule has 1 amide bonds. The maximum atomic E-state index is 12.2. The molecule has 0 aliphatic carbocycles. The third kappa shape index (κ3) is 3.86. The molecule has 5 nitrogen and oxygen atoms in total. The van der Waals surface area contributed by atoms with Crippen molar-refractivity contribution in [2.24, 2.45) is 0 Å². The predicted octanol–water partition coefficient (Wildman–Crippen LogP) is 3.60. The van der Waals surface area contributed by atoms with Gasteiger partial charge in [0.2, 0.25) is 5.91 Å². The minimum atomic E-state index is -0.0941. The number of aromatic nitrogens is 2. The molecule has 0 spiro atoms. The molecule has 1 atom stereocenters. The second-order valence-electron chi connectivity index (χ2n) is 5.98. The Morgan fingerprint density at radius 1 is 1.26 bits per heavy atom. The molecular weight excluding hydrogens is 290 g/mol. The van der Waals surface area contributed by atoms with Crippen molar-refractivity contribution in [2.75, 3.05) is 5.32 Å². The Morgan fingerprint density at radius 2 is 1.96 bits per heavy atom. The smallest absolute Gasteiger partial charge is 0.226 e. The van der Waals surface area contributed by atoms with Gasteiger partial charge < -0.3 is 5.32 Å². The lowest BCUT2D eigenvalue weighted by atomic mass is 10.1. The van der Waals surface area contributed by atoms with Crippen molar-refractivity contribution in [3.8, 4) is 0 Å². The van der Waals surface area contributed by atoms with Crippen molar-refractivity contribution in [2.45, 2.75) is 47.1 Å². The number of carbonyl (C=O) groups excluding carboxylic acids is 2. The van der Waals surface area contributed by atoms with E-state index in [1.54, 1.807) is 24.3 Å². The van der Waals surface area contributed by atoms with Gasteiger partial charge in [-0.3, -0.25) is 14.3 Å². The Morgan fingerprint density at radius 3 is 2.52 bits per heavy atom. The molecule has 122 valence electrons. The van der Waals surface area contributed by atoms with Gasteiger partial charge in [-0.05, 0) is 52.3 Å². The monoisotopic (exact) mass is 313 g/mol. The molecule has 0 bridgehead atoms. The zero-order valence-electron chi connectivity index (χ0n) is 14.3. The van der Waals surface area contributed by atoms with Crippen LogP contribution in [0.4, 0.5) is 5.69 Å². The SMILES string of the molecule is CC(=O)c1cccc(NC(=O)C[C@H](C)n2nc(C)c(C)c2C)c1. The molecule has 5 heteroatoms. The Kier molecular flexibility index (Phi) is 4.98. The number of hydrogen-bond acceptors (Lipinski definition) is 3. The summed E-state index contributed by atoms with van der Waals surface area (Å²) >= 11 is 0. The number of hydrogen-bond donors (Lipinski definition) is 1. The number of carbonyl (C=O) groups is 2. The molecule has 1 N–H and O–H groups in total. The molecule has 0 saturated carbocycles. The number of nitrogens with zero attached hydrogens (tertiary/aromatic N) is 2. The zero-order chi connectivity index (χ0) is 17.1. The van der Waals surface area contributed by atoms with Gasteiger partial charge in [-0.1, -0.05) is 12.1 Å². The number of rotatable bonds is 5. The van der Waals surface area contributed by atoms with Crippen LogP contribution < -0.4 is 5.32 Å². The van der Waals surface area contributed by atoms with Crippen LogP contribution in [0, 0.1) is 20.8 Å². The summed E-state index contributed by atoms with van der Waals surface area (Å²) in [5.41, 5.74) is 4.46. The van der Waals surface area contributed by atoms with Crippen molar-refractivity contribution in [3.63, 3.8) is 0 Å². The van der Waals surface area contributed by atoms with Crippen LogP contribution in [0.1, 0.15) is 53.6 Å². The number of amides is 1. The maximum Gasteiger partial charge on any atom is 0.226 e. The normalized spacial score (nSPS) is 12.0. The van der Waals surface area contributed by atoms with E-state index in [4.69, 9.17) is 0 Å². The van der Waals surface area contributed by atoms with Crippen LogP contribution in [0.5, 0.6) is 0 Å². The summed E-state index contributed by atoms with van der Waals surface area (Å²) < 4.78 is 1.90. The molecule has 0 fully saturated rings. The van der Waals surface area contributed by atoms with Gasteiger partial charge in [-0.2, -0.15) is 5.10 Å². The van der Waals surface area contributed by atoms with Crippen LogP contribution in [0.3, 0.4) is 0 Å². The highest BCUT2D eigenvalue weighted by atomic mass is 16.1. The fourth-order valence-corrected chi connectivity index (χ4v) is 2.56. The van der Waals surface area contributed by atoms with E-state index in [-0.39, 0.29) is 17.7 Å².